The van der Waals surface area contributed by atoms with Gasteiger partial charge in [-0.2, -0.15) is 11.8 Å². The molecule has 0 aromatic carbocycles. The predicted molar refractivity (Wildman–Crippen MR) is 126 cm³/mol. The molecule has 1 atom stereocenters. The monoisotopic (exact) mass is 451 g/mol. The molecule has 7 nitrogen and oxygen atoms in total. The van der Waals surface area contributed by atoms with Gasteiger partial charge in [0.25, 0.3) is 0 Å². The first-order valence-electron chi connectivity index (χ1n) is 10.7. The van der Waals surface area contributed by atoms with Gasteiger partial charge >= 0.3 is 5.97 Å². The van der Waals surface area contributed by atoms with Crippen LogP contribution in [0.25, 0.3) is 0 Å². The quantitative estimate of drug-likeness (QED) is 0.0801. The Morgan fingerprint density at radius 1 is 1.00 bits per heavy atom. The van der Waals surface area contributed by atoms with Crippen LogP contribution in [0.2, 0.25) is 0 Å². The van der Waals surface area contributed by atoms with E-state index in [1.165, 1.54) is 28.5 Å². The molecule has 0 heterocycles. The fourth-order valence-electron chi connectivity index (χ4n) is 3.02. The van der Waals surface area contributed by atoms with E-state index >= 15 is 0 Å². The number of allylic oxidation sites excluding steroid dienone is 5. The summed E-state index contributed by atoms with van der Waals surface area (Å²) in [6.45, 7) is 8.46. The highest BCUT2D eigenvalue weighted by Gasteiger charge is 2.56. The predicted octanol–water partition coefficient (Wildman–Crippen LogP) is 3.48. The minimum absolute atomic E-state index is 0.231. The standard InChI is InChI=1S/C23H37N3O4S/c1-16(2)7-5-8-17(3)9-6-10-18(4)11-14-31-15-19(20(27)28)25-21(29)23(12-13-23)22(30)26-24/h7,9,11,19H,5-6,8,10,12-15,24H2,1-4H3,(H,25,29)(H,26,30)(H,27,28)/b17-9+,18-11+/t19-/m0/s1. The van der Waals surface area contributed by atoms with Gasteiger partial charge in [-0.05, 0) is 66.2 Å². The largest absolute Gasteiger partial charge is 0.480 e. The molecular formula is C23H37N3O4S. The van der Waals surface area contributed by atoms with Gasteiger partial charge in [0.1, 0.15) is 11.5 Å². The summed E-state index contributed by atoms with van der Waals surface area (Å²) in [5, 5.41) is 11.9. The van der Waals surface area contributed by atoms with Crippen molar-refractivity contribution in [1.29, 1.82) is 0 Å². The van der Waals surface area contributed by atoms with Crippen LogP contribution in [0.15, 0.2) is 34.9 Å². The molecule has 1 aliphatic carbocycles. The molecule has 0 radical (unpaired) electrons. The molecule has 1 rings (SSSR count). The molecule has 0 bridgehead atoms. The SMILES string of the molecule is CC(C)=CCC/C(C)=C/CC/C(C)=C/CSC[C@H](NC(=O)C1(C(=O)NN)CC1)C(=O)O. The zero-order valence-corrected chi connectivity index (χ0v) is 19.9. The van der Waals surface area contributed by atoms with E-state index in [1.807, 2.05) is 5.43 Å². The highest BCUT2D eigenvalue weighted by atomic mass is 32.2. The van der Waals surface area contributed by atoms with Gasteiger partial charge in [-0.3, -0.25) is 15.0 Å². The summed E-state index contributed by atoms with van der Waals surface area (Å²) in [5.41, 5.74) is 4.79. The number of hydrazine groups is 1. The lowest BCUT2D eigenvalue weighted by atomic mass is 10.1. The fraction of sp³-hybridized carbons (Fsp3) is 0.609. The van der Waals surface area contributed by atoms with Crippen LogP contribution in [0.5, 0.6) is 0 Å². The third-order valence-corrected chi connectivity index (χ3v) is 6.28. The molecule has 0 aliphatic heterocycles. The molecule has 0 spiro atoms. The smallest absolute Gasteiger partial charge is 0.327 e. The number of aliphatic carboxylic acids is 1. The van der Waals surface area contributed by atoms with Crippen LogP contribution in [-0.4, -0.2) is 40.4 Å². The summed E-state index contributed by atoms with van der Waals surface area (Å²) < 4.78 is 0. The minimum atomic E-state index is -1.21. The van der Waals surface area contributed by atoms with E-state index in [9.17, 15) is 19.5 Å². The van der Waals surface area contributed by atoms with Gasteiger partial charge in [0.15, 0.2) is 0 Å². The van der Waals surface area contributed by atoms with E-state index in [1.54, 1.807) is 0 Å². The molecule has 0 aromatic rings. The maximum Gasteiger partial charge on any atom is 0.327 e. The Labute approximate surface area is 190 Å². The van der Waals surface area contributed by atoms with Gasteiger partial charge in [-0.15, -0.1) is 0 Å². The number of rotatable bonds is 14. The summed E-state index contributed by atoms with van der Waals surface area (Å²) in [6, 6.07) is -1.04. The van der Waals surface area contributed by atoms with E-state index in [0.717, 1.165) is 25.7 Å². The molecule has 1 saturated carbocycles. The first-order chi connectivity index (χ1) is 14.6. The Bertz CT molecular complexity index is 735. The fourth-order valence-corrected chi connectivity index (χ4v) is 4.02. The van der Waals surface area contributed by atoms with Gasteiger partial charge in [-0.1, -0.05) is 34.9 Å². The maximum atomic E-state index is 12.3. The lowest BCUT2D eigenvalue weighted by molar-refractivity contribution is -0.144. The first kappa shape index (κ1) is 27.0. The molecular weight excluding hydrogens is 414 g/mol. The number of nitrogens with two attached hydrogens (primary N) is 1. The van der Waals surface area contributed by atoms with Crippen molar-refractivity contribution in [2.75, 3.05) is 11.5 Å². The number of thioether (sulfide) groups is 1. The number of hydrogen-bond acceptors (Lipinski definition) is 5. The third-order valence-electron chi connectivity index (χ3n) is 5.31. The Hall–Kier alpha value is -2.06. The number of carbonyl (C=O) groups excluding carboxylic acids is 2. The van der Waals surface area contributed by atoms with E-state index in [-0.39, 0.29) is 5.75 Å². The van der Waals surface area contributed by atoms with Crippen LogP contribution in [0.4, 0.5) is 0 Å². The Balaban J connectivity index is 2.38. The van der Waals surface area contributed by atoms with Crippen molar-refractivity contribution < 1.29 is 19.5 Å². The number of hydrogen-bond donors (Lipinski definition) is 4. The van der Waals surface area contributed by atoms with Crippen molar-refractivity contribution in [3.8, 4) is 0 Å². The van der Waals surface area contributed by atoms with Gasteiger partial charge in [0, 0.05) is 11.5 Å². The average Bonchev–Trinajstić information content (AvgIpc) is 3.51. The van der Waals surface area contributed by atoms with Crippen molar-refractivity contribution in [3.63, 3.8) is 0 Å². The van der Waals surface area contributed by atoms with Crippen molar-refractivity contribution >= 4 is 29.5 Å². The lowest BCUT2D eigenvalue weighted by Crippen LogP contribution is -2.51. The molecule has 0 saturated heterocycles. The van der Waals surface area contributed by atoms with Gasteiger partial charge in [0.2, 0.25) is 11.8 Å². The highest BCUT2D eigenvalue weighted by molar-refractivity contribution is 7.99. The first-order valence-corrected chi connectivity index (χ1v) is 11.8. The Kier molecular flexibility index (Phi) is 11.6. The molecule has 31 heavy (non-hydrogen) atoms. The van der Waals surface area contributed by atoms with Gasteiger partial charge in [-0.25, -0.2) is 10.6 Å². The number of carboxylic acid groups (broad SMARTS) is 1. The van der Waals surface area contributed by atoms with Crippen LogP contribution in [0, 0.1) is 5.41 Å². The maximum absolute atomic E-state index is 12.3. The van der Waals surface area contributed by atoms with Crippen molar-refractivity contribution in [1.82, 2.24) is 10.7 Å². The van der Waals surface area contributed by atoms with Crippen molar-refractivity contribution in [3.05, 3.63) is 34.9 Å². The molecule has 8 heteroatoms. The molecule has 0 aromatic heterocycles. The lowest BCUT2D eigenvalue weighted by Gasteiger charge is -2.18. The number of carbonyl (C=O) groups is 3. The zero-order valence-electron chi connectivity index (χ0n) is 19.1. The molecule has 1 aliphatic rings. The molecule has 174 valence electrons. The summed E-state index contributed by atoms with van der Waals surface area (Å²) in [5.74, 6) is 3.78. The number of carboxylic acids is 1. The van der Waals surface area contributed by atoms with Crippen LogP contribution in [0.3, 0.4) is 0 Å². The molecule has 1 fully saturated rings. The second-order valence-electron chi connectivity index (χ2n) is 8.42. The molecule has 0 unspecified atom stereocenters. The van der Waals surface area contributed by atoms with Gasteiger partial charge in [0.05, 0.1) is 0 Å². The van der Waals surface area contributed by atoms with Crippen molar-refractivity contribution in [2.45, 2.75) is 72.3 Å². The third kappa shape index (κ3) is 9.74. The van der Waals surface area contributed by atoms with Crippen LogP contribution in [0.1, 0.15) is 66.2 Å². The number of nitrogens with one attached hydrogen (secondary N) is 2. The summed E-state index contributed by atoms with van der Waals surface area (Å²) in [7, 11) is 0. The van der Waals surface area contributed by atoms with Crippen LogP contribution >= 0.6 is 11.8 Å². The number of amides is 2. The Morgan fingerprint density at radius 3 is 2.10 bits per heavy atom. The average molecular weight is 452 g/mol. The van der Waals surface area contributed by atoms with Crippen LogP contribution < -0.4 is 16.6 Å². The van der Waals surface area contributed by atoms with E-state index < -0.39 is 29.2 Å². The summed E-state index contributed by atoms with van der Waals surface area (Å²) >= 11 is 1.44. The second kappa shape index (κ2) is 13.4. The normalized spacial score (nSPS) is 16.3. The van der Waals surface area contributed by atoms with E-state index in [0.29, 0.717) is 18.6 Å². The zero-order chi connectivity index (χ0) is 23.4. The molecule has 5 N–H and O–H groups in total. The van der Waals surface area contributed by atoms with E-state index in [4.69, 9.17) is 5.84 Å². The minimum Gasteiger partial charge on any atom is -0.480 e. The second-order valence-corrected chi connectivity index (χ2v) is 9.49. The van der Waals surface area contributed by atoms with Gasteiger partial charge < -0.3 is 10.4 Å². The van der Waals surface area contributed by atoms with E-state index in [2.05, 4.69) is 51.2 Å². The summed E-state index contributed by atoms with van der Waals surface area (Å²) in [6.07, 6.45) is 11.5. The van der Waals surface area contributed by atoms with Crippen molar-refractivity contribution in [2.24, 2.45) is 11.3 Å². The summed E-state index contributed by atoms with van der Waals surface area (Å²) in [4.78, 5) is 35.6. The highest BCUT2D eigenvalue weighted by Crippen LogP contribution is 2.46. The van der Waals surface area contributed by atoms with Crippen LogP contribution in [-0.2, 0) is 14.4 Å². The Morgan fingerprint density at radius 2 is 1.58 bits per heavy atom. The molecule has 2 amide bonds. The topological polar surface area (TPSA) is 122 Å².